The van der Waals surface area contributed by atoms with Gasteiger partial charge in [-0.25, -0.2) is 9.48 Å². The van der Waals surface area contributed by atoms with Crippen molar-refractivity contribution in [2.45, 2.75) is 32.0 Å². The summed E-state index contributed by atoms with van der Waals surface area (Å²) in [6.07, 6.45) is 3.25. The number of carboxylic acids is 1. The predicted molar refractivity (Wildman–Crippen MR) is 60.2 cm³/mol. The van der Waals surface area contributed by atoms with Crippen LogP contribution in [0.3, 0.4) is 0 Å². The van der Waals surface area contributed by atoms with Crippen molar-refractivity contribution < 1.29 is 14.7 Å². The molecule has 0 radical (unpaired) electrons. The Labute approximate surface area is 103 Å². The molecular weight excluding hydrogens is 238 g/mol. The Morgan fingerprint density at radius 3 is 2.83 bits per heavy atom. The minimum atomic E-state index is -0.993. The van der Waals surface area contributed by atoms with Crippen LogP contribution in [0.2, 0.25) is 0 Å². The van der Waals surface area contributed by atoms with Gasteiger partial charge in [0.15, 0.2) is 0 Å². The summed E-state index contributed by atoms with van der Waals surface area (Å²) in [4.78, 5) is 22.6. The third-order valence-electron chi connectivity index (χ3n) is 2.78. The van der Waals surface area contributed by atoms with Crippen molar-refractivity contribution in [2.75, 3.05) is 0 Å². The van der Waals surface area contributed by atoms with E-state index in [1.165, 1.54) is 4.68 Å². The number of nitrogens with one attached hydrogen (secondary N) is 1. The summed E-state index contributed by atoms with van der Waals surface area (Å²) in [6.45, 7) is 0.199. The van der Waals surface area contributed by atoms with E-state index in [1.807, 2.05) is 0 Å². The summed E-state index contributed by atoms with van der Waals surface area (Å²) < 4.78 is 1.34. The second kappa shape index (κ2) is 5.13. The predicted octanol–water partition coefficient (Wildman–Crippen LogP) is -1.28. The number of rotatable bonds is 6. The Bertz CT molecular complexity index is 454. The van der Waals surface area contributed by atoms with Crippen LogP contribution < -0.4 is 11.1 Å². The van der Waals surface area contributed by atoms with E-state index in [9.17, 15) is 9.59 Å². The standard InChI is InChI=1S/C10H15N5O3/c11-3-7-4-15(14-13-7)5-8(16)12-9(10(17)18)6-1-2-6/h4,6,9H,1-3,5,11H2,(H,12,16)(H,17,18). The van der Waals surface area contributed by atoms with Gasteiger partial charge in [0.1, 0.15) is 12.6 Å². The van der Waals surface area contributed by atoms with E-state index in [1.54, 1.807) is 6.20 Å². The highest BCUT2D eigenvalue weighted by Crippen LogP contribution is 2.32. The van der Waals surface area contributed by atoms with E-state index in [0.29, 0.717) is 5.69 Å². The molecule has 1 unspecified atom stereocenters. The zero-order chi connectivity index (χ0) is 13.1. The molecule has 1 aromatic rings. The van der Waals surface area contributed by atoms with E-state index in [4.69, 9.17) is 10.8 Å². The number of carbonyl (C=O) groups excluding carboxylic acids is 1. The molecule has 0 spiro atoms. The van der Waals surface area contributed by atoms with Crippen molar-refractivity contribution in [2.24, 2.45) is 11.7 Å². The van der Waals surface area contributed by atoms with Gasteiger partial charge in [-0.15, -0.1) is 5.10 Å². The first-order valence-electron chi connectivity index (χ1n) is 5.71. The number of hydrogen-bond acceptors (Lipinski definition) is 5. The van der Waals surface area contributed by atoms with Crippen molar-refractivity contribution in [1.29, 1.82) is 0 Å². The van der Waals surface area contributed by atoms with Crippen LogP contribution in [0.15, 0.2) is 6.20 Å². The lowest BCUT2D eigenvalue weighted by Crippen LogP contribution is -2.43. The summed E-state index contributed by atoms with van der Waals surface area (Å²) in [5.74, 6) is -1.32. The third kappa shape index (κ3) is 3.04. The second-order valence-electron chi connectivity index (χ2n) is 4.33. The molecule has 1 amide bonds. The average Bonchev–Trinajstić information content (AvgIpc) is 3.06. The summed E-state index contributed by atoms with van der Waals surface area (Å²) in [5, 5.41) is 18.9. The van der Waals surface area contributed by atoms with Crippen LogP contribution in [0.4, 0.5) is 0 Å². The molecule has 1 heterocycles. The van der Waals surface area contributed by atoms with Gasteiger partial charge in [-0.3, -0.25) is 4.79 Å². The number of nitrogens with two attached hydrogens (primary N) is 1. The number of hydrogen-bond donors (Lipinski definition) is 3. The van der Waals surface area contributed by atoms with Crippen molar-refractivity contribution in [3.63, 3.8) is 0 Å². The van der Waals surface area contributed by atoms with Crippen LogP contribution in [0, 0.1) is 5.92 Å². The van der Waals surface area contributed by atoms with Crippen molar-refractivity contribution in [3.8, 4) is 0 Å². The number of carboxylic acid groups (broad SMARTS) is 1. The zero-order valence-electron chi connectivity index (χ0n) is 9.74. The van der Waals surface area contributed by atoms with Gasteiger partial charge in [-0.1, -0.05) is 5.21 Å². The van der Waals surface area contributed by atoms with Gasteiger partial charge >= 0.3 is 5.97 Å². The van der Waals surface area contributed by atoms with Gasteiger partial charge in [0.05, 0.1) is 11.9 Å². The van der Waals surface area contributed by atoms with E-state index >= 15 is 0 Å². The van der Waals surface area contributed by atoms with Gasteiger partial charge in [-0.05, 0) is 18.8 Å². The van der Waals surface area contributed by atoms with Gasteiger partial charge in [0.25, 0.3) is 0 Å². The molecule has 0 aromatic carbocycles. The minimum absolute atomic E-state index is 0.0521. The van der Waals surface area contributed by atoms with Crippen LogP contribution in [0.1, 0.15) is 18.5 Å². The summed E-state index contributed by atoms with van der Waals surface area (Å²) in [7, 11) is 0. The maximum absolute atomic E-state index is 11.7. The number of aliphatic carboxylic acids is 1. The lowest BCUT2D eigenvalue weighted by atomic mass is 10.2. The van der Waals surface area contributed by atoms with Crippen molar-refractivity contribution in [3.05, 3.63) is 11.9 Å². The smallest absolute Gasteiger partial charge is 0.326 e. The molecule has 0 saturated heterocycles. The van der Waals surface area contributed by atoms with E-state index in [2.05, 4.69) is 15.6 Å². The Kier molecular flexibility index (Phi) is 3.56. The Morgan fingerprint density at radius 1 is 1.61 bits per heavy atom. The molecule has 2 rings (SSSR count). The van der Waals surface area contributed by atoms with E-state index in [0.717, 1.165) is 12.8 Å². The molecule has 4 N–H and O–H groups in total. The van der Waals surface area contributed by atoms with Crippen molar-refractivity contribution >= 4 is 11.9 Å². The van der Waals surface area contributed by atoms with Crippen LogP contribution in [0.25, 0.3) is 0 Å². The lowest BCUT2D eigenvalue weighted by Gasteiger charge is -2.13. The van der Waals surface area contributed by atoms with Crippen LogP contribution >= 0.6 is 0 Å². The van der Waals surface area contributed by atoms with Crippen LogP contribution in [-0.4, -0.2) is 38.0 Å². The molecule has 1 aliphatic carbocycles. The summed E-state index contributed by atoms with van der Waals surface area (Å²) >= 11 is 0. The van der Waals surface area contributed by atoms with Gasteiger partial charge < -0.3 is 16.2 Å². The average molecular weight is 253 g/mol. The fourth-order valence-electron chi connectivity index (χ4n) is 1.69. The van der Waals surface area contributed by atoms with Crippen molar-refractivity contribution in [1.82, 2.24) is 20.3 Å². The monoisotopic (exact) mass is 253 g/mol. The fourth-order valence-corrected chi connectivity index (χ4v) is 1.69. The first-order valence-corrected chi connectivity index (χ1v) is 5.71. The molecule has 1 aliphatic rings. The number of carbonyl (C=O) groups is 2. The molecule has 8 nitrogen and oxygen atoms in total. The Morgan fingerprint density at radius 2 is 2.33 bits per heavy atom. The minimum Gasteiger partial charge on any atom is -0.480 e. The quantitative estimate of drug-likeness (QED) is 0.580. The zero-order valence-corrected chi connectivity index (χ0v) is 9.74. The largest absolute Gasteiger partial charge is 0.480 e. The highest BCUT2D eigenvalue weighted by Gasteiger charge is 2.37. The molecule has 8 heteroatoms. The molecule has 1 atom stereocenters. The fraction of sp³-hybridized carbons (Fsp3) is 0.600. The van der Waals surface area contributed by atoms with Crippen LogP contribution in [-0.2, 0) is 22.7 Å². The van der Waals surface area contributed by atoms with E-state index < -0.39 is 12.0 Å². The number of nitrogens with zero attached hydrogens (tertiary/aromatic N) is 3. The normalized spacial score (nSPS) is 16.3. The molecule has 98 valence electrons. The highest BCUT2D eigenvalue weighted by atomic mass is 16.4. The SMILES string of the molecule is NCc1cn(CC(=O)NC(C(=O)O)C2CC2)nn1. The summed E-state index contributed by atoms with van der Waals surface area (Å²) in [6, 6.07) is -0.796. The third-order valence-corrected chi connectivity index (χ3v) is 2.78. The first-order chi connectivity index (χ1) is 8.60. The maximum Gasteiger partial charge on any atom is 0.326 e. The molecule has 18 heavy (non-hydrogen) atoms. The summed E-state index contributed by atoms with van der Waals surface area (Å²) in [5.41, 5.74) is 5.95. The molecule has 0 aliphatic heterocycles. The molecule has 0 bridgehead atoms. The lowest BCUT2D eigenvalue weighted by molar-refractivity contribution is -0.142. The second-order valence-corrected chi connectivity index (χ2v) is 4.33. The van der Waals surface area contributed by atoms with E-state index in [-0.39, 0.29) is 24.9 Å². The molecule has 1 fully saturated rings. The number of aromatic nitrogens is 3. The molecule has 1 aromatic heterocycles. The Balaban J connectivity index is 1.89. The Hall–Kier alpha value is -1.96. The highest BCUT2D eigenvalue weighted by molar-refractivity contribution is 5.83. The topological polar surface area (TPSA) is 123 Å². The van der Waals surface area contributed by atoms with Crippen LogP contribution in [0.5, 0.6) is 0 Å². The van der Waals surface area contributed by atoms with Gasteiger partial charge in [0.2, 0.25) is 5.91 Å². The number of amides is 1. The maximum atomic E-state index is 11.7. The molecule has 1 saturated carbocycles. The van der Waals surface area contributed by atoms with Gasteiger partial charge in [0, 0.05) is 6.54 Å². The first kappa shape index (κ1) is 12.5. The molecular formula is C10H15N5O3. The van der Waals surface area contributed by atoms with Gasteiger partial charge in [-0.2, -0.15) is 0 Å².